The van der Waals surface area contributed by atoms with Crippen LogP contribution >= 0.6 is 0 Å². The summed E-state index contributed by atoms with van der Waals surface area (Å²) in [5, 5.41) is 2.93. The highest BCUT2D eigenvalue weighted by Gasteiger charge is 2.58. The summed E-state index contributed by atoms with van der Waals surface area (Å²) in [5.41, 5.74) is 0.736. The quantitative estimate of drug-likeness (QED) is 0.775. The highest BCUT2D eigenvalue weighted by Crippen LogP contribution is 2.47. The Kier molecular flexibility index (Phi) is 2.14. The van der Waals surface area contributed by atoms with Gasteiger partial charge in [-0.2, -0.15) is 0 Å². The molecule has 1 saturated carbocycles. The van der Waals surface area contributed by atoms with E-state index in [0.29, 0.717) is 6.54 Å². The summed E-state index contributed by atoms with van der Waals surface area (Å²) in [6.07, 6.45) is 0.748. The fourth-order valence-corrected chi connectivity index (χ4v) is 2.27. The number of carbonyl (C=O) groups is 2. The molecule has 2 fully saturated rings. The van der Waals surface area contributed by atoms with Crippen LogP contribution in [0, 0.1) is 11.8 Å². The summed E-state index contributed by atoms with van der Waals surface area (Å²) in [6.45, 7) is 0.292. The number of anilines is 1. The maximum atomic E-state index is 11.8. The van der Waals surface area contributed by atoms with Crippen LogP contribution in [-0.4, -0.2) is 28.7 Å². The zero-order chi connectivity index (χ0) is 12.0. The van der Waals surface area contributed by atoms with Crippen molar-refractivity contribution in [3.63, 3.8) is 0 Å². The summed E-state index contributed by atoms with van der Waals surface area (Å²) < 4.78 is 0. The van der Waals surface area contributed by atoms with Crippen LogP contribution in [0.2, 0.25) is 0 Å². The molecule has 2 amide bonds. The predicted octanol–water partition coefficient (Wildman–Crippen LogP) is 0.628. The molecule has 1 aromatic rings. The second-order valence-corrected chi connectivity index (χ2v) is 4.48. The van der Waals surface area contributed by atoms with E-state index in [2.05, 4.69) is 10.3 Å². The first-order chi connectivity index (χ1) is 8.20. The SMILES string of the molecule is CNc1cccc(CN2C(=O)C3CC3C2=O)n1. The van der Waals surface area contributed by atoms with Crippen molar-refractivity contribution >= 4 is 17.6 Å². The number of pyridine rings is 1. The number of rotatable bonds is 3. The van der Waals surface area contributed by atoms with Crippen LogP contribution in [0.3, 0.4) is 0 Å². The number of hydrogen-bond donors (Lipinski definition) is 1. The largest absolute Gasteiger partial charge is 0.373 e. The molecule has 5 heteroatoms. The lowest BCUT2D eigenvalue weighted by atomic mass is 10.3. The van der Waals surface area contributed by atoms with Gasteiger partial charge in [-0.05, 0) is 18.6 Å². The minimum Gasteiger partial charge on any atom is -0.373 e. The minimum absolute atomic E-state index is 0.0309. The Hall–Kier alpha value is -1.91. The number of nitrogens with zero attached hydrogens (tertiary/aromatic N) is 2. The van der Waals surface area contributed by atoms with Crippen molar-refractivity contribution in [2.75, 3.05) is 12.4 Å². The van der Waals surface area contributed by atoms with Crippen LogP contribution in [0.25, 0.3) is 0 Å². The molecule has 1 aromatic heterocycles. The Bertz CT molecular complexity index is 480. The molecule has 17 heavy (non-hydrogen) atoms. The lowest BCUT2D eigenvalue weighted by Gasteiger charge is -2.16. The van der Waals surface area contributed by atoms with Crippen LogP contribution in [0.1, 0.15) is 12.1 Å². The van der Waals surface area contributed by atoms with Gasteiger partial charge in [0.1, 0.15) is 5.82 Å². The number of piperidine rings is 1. The van der Waals surface area contributed by atoms with Crippen molar-refractivity contribution in [3.05, 3.63) is 23.9 Å². The number of aromatic nitrogens is 1. The van der Waals surface area contributed by atoms with Gasteiger partial charge in [-0.1, -0.05) is 6.07 Å². The van der Waals surface area contributed by atoms with Crippen molar-refractivity contribution in [1.82, 2.24) is 9.88 Å². The van der Waals surface area contributed by atoms with Crippen molar-refractivity contribution in [3.8, 4) is 0 Å². The van der Waals surface area contributed by atoms with Gasteiger partial charge < -0.3 is 5.32 Å². The molecule has 2 unspecified atom stereocenters. The molecule has 1 saturated heterocycles. The molecule has 2 heterocycles. The van der Waals surface area contributed by atoms with Gasteiger partial charge in [0, 0.05) is 7.05 Å². The number of nitrogens with one attached hydrogen (secondary N) is 1. The maximum absolute atomic E-state index is 11.8. The fourth-order valence-electron chi connectivity index (χ4n) is 2.27. The maximum Gasteiger partial charge on any atom is 0.233 e. The highest BCUT2D eigenvalue weighted by atomic mass is 16.2. The van der Waals surface area contributed by atoms with Crippen LogP contribution in [0.4, 0.5) is 5.82 Å². The van der Waals surface area contributed by atoms with Crippen LogP contribution in [0.15, 0.2) is 18.2 Å². The lowest BCUT2D eigenvalue weighted by molar-refractivity contribution is -0.142. The van der Waals surface area contributed by atoms with Gasteiger partial charge in [-0.25, -0.2) is 4.98 Å². The molecular weight excluding hydrogens is 218 g/mol. The zero-order valence-electron chi connectivity index (χ0n) is 9.51. The summed E-state index contributed by atoms with van der Waals surface area (Å²) in [4.78, 5) is 29.2. The topological polar surface area (TPSA) is 62.3 Å². The summed E-state index contributed by atoms with van der Waals surface area (Å²) in [5.74, 6) is 0.616. The van der Waals surface area contributed by atoms with Gasteiger partial charge in [-0.3, -0.25) is 14.5 Å². The van der Waals surface area contributed by atoms with Gasteiger partial charge >= 0.3 is 0 Å². The number of carbonyl (C=O) groups excluding carboxylic acids is 2. The number of likely N-dealkylation sites (tertiary alicyclic amines) is 1. The van der Waals surface area contributed by atoms with E-state index in [4.69, 9.17) is 0 Å². The number of amides is 2. The molecule has 0 bridgehead atoms. The van der Waals surface area contributed by atoms with E-state index in [9.17, 15) is 9.59 Å². The van der Waals surface area contributed by atoms with Crippen molar-refractivity contribution in [2.24, 2.45) is 11.8 Å². The number of imide groups is 1. The standard InChI is InChI=1S/C12H13N3O2/c1-13-10-4-2-3-7(14-10)6-15-11(16)8-5-9(8)12(15)17/h2-4,8-9H,5-6H2,1H3,(H,13,14). The van der Waals surface area contributed by atoms with Gasteiger partial charge in [0.2, 0.25) is 11.8 Å². The predicted molar refractivity (Wildman–Crippen MR) is 60.9 cm³/mol. The van der Waals surface area contributed by atoms with E-state index in [-0.39, 0.29) is 23.7 Å². The third-order valence-electron chi connectivity index (χ3n) is 3.34. The lowest BCUT2D eigenvalue weighted by Crippen LogP contribution is -2.32. The van der Waals surface area contributed by atoms with Gasteiger partial charge in [-0.15, -0.1) is 0 Å². The molecule has 88 valence electrons. The van der Waals surface area contributed by atoms with Gasteiger partial charge in [0.25, 0.3) is 0 Å². The van der Waals surface area contributed by atoms with E-state index in [1.54, 1.807) is 7.05 Å². The molecule has 3 rings (SSSR count). The fraction of sp³-hybridized carbons (Fsp3) is 0.417. The smallest absolute Gasteiger partial charge is 0.233 e. The second-order valence-electron chi connectivity index (χ2n) is 4.48. The van der Waals surface area contributed by atoms with Crippen LogP contribution in [-0.2, 0) is 16.1 Å². The van der Waals surface area contributed by atoms with Crippen molar-refractivity contribution < 1.29 is 9.59 Å². The first-order valence-electron chi connectivity index (χ1n) is 5.69. The molecule has 0 spiro atoms. The molecule has 0 radical (unpaired) electrons. The molecule has 0 aromatic carbocycles. The summed E-state index contributed by atoms with van der Waals surface area (Å²) in [6, 6.07) is 5.53. The monoisotopic (exact) mass is 231 g/mol. The minimum atomic E-state index is -0.0324. The van der Waals surface area contributed by atoms with Crippen molar-refractivity contribution in [2.45, 2.75) is 13.0 Å². The average Bonchev–Trinajstić information content (AvgIpc) is 3.10. The van der Waals surface area contributed by atoms with Gasteiger partial charge in [0.15, 0.2) is 0 Å². The first-order valence-corrected chi connectivity index (χ1v) is 5.69. The van der Waals surface area contributed by atoms with Gasteiger partial charge in [0.05, 0.1) is 24.1 Å². The number of hydrogen-bond acceptors (Lipinski definition) is 4. The third-order valence-corrected chi connectivity index (χ3v) is 3.34. The zero-order valence-corrected chi connectivity index (χ0v) is 9.51. The third kappa shape index (κ3) is 1.58. The first kappa shape index (κ1) is 10.3. The summed E-state index contributed by atoms with van der Waals surface area (Å²) in [7, 11) is 1.79. The molecular formula is C12H13N3O2. The van der Waals surface area contributed by atoms with Crippen molar-refractivity contribution in [1.29, 1.82) is 0 Å². The van der Waals surface area contributed by atoms with E-state index in [1.165, 1.54) is 4.90 Å². The van der Waals surface area contributed by atoms with E-state index in [0.717, 1.165) is 17.9 Å². The number of fused-ring (bicyclic) bond motifs is 1. The van der Waals surface area contributed by atoms with Crippen LogP contribution < -0.4 is 5.32 Å². The van der Waals surface area contributed by atoms with E-state index in [1.807, 2.05) is 18.2 Å². The van der Waals surface area contributed by atoms with E-state index < -0.39 is 0 Å². The molecule has 5 nitrogen and oxygen atoms in total. The van der Waals surface area contributed by atoms with Crippen LogP contribution in [0.5, 0.6) is 0 Å². The molecule has 1 N–H and O–H groups in total. The highest BCUT2D eigenvalue weighted by molar-refractivity contribution is 6.08. The molecule has 2 aliphatic rings. The Morgan fingerprint density at radius 1 is 1.35 bits per heavy atom. The Balaban J connectivity index is 1.78. The average molecular weight is 231 g/mol. The molecule has 1 aliphatic heterocycles. The second kappa shape index (κ2) is 3.55. The van der Waals surface area contributed by atoms with E-state index >= 15 is 0 Å². The normalized spacial score (nSPS) is 26.1. The molecule has 1 aliphatic carbocycles. The Morgan fingerprint density at radius 2 is 2.06 bits per heavy atom. The summed E-state index contributed by atoms with van der Waals surface area (Å²) >= 11 is 0. The molecule has 2 atom stereocenters. The Morgan fingerprint density at radius 3 is 2.71 bits per heavy atom. The Labute approximate surface area is 98.8 Å².